The van der Waals surface area contributed by atoms with Crippen LogP contribution < -0.4 is 0 Å². The lowest BCUT2D eigenvalue weighted by Crippen LogP contribution is -2.47. The van der Waals surface area contributed by atoms with Gasteiger partial charge in [0.15, 0.2) is 0 Å². The molecule has 0 saturated carbocycles. The van der Waals surface area contributed by atoms with E-state index in [0.717, 1.165) is 5.56 Å². The molecule has 0 spiro atoms. The van der Waals surface area contributed by atoms with Crippen LogP contribution in [0, 0.1) is 10.1 Å². The van der Waals surface area contributed by atoms with Gasteiger partial charge in [0.1, 0.15) is 16.8 Å². The van der Waals surface area contributed by atoms with E-state index in [-0.39, 0.29) is 18.8 Å². The molecule has 13 heteroatoms. The Morgan fingerprint density at radius 3 is 1.33 bits per heavy atom. The molecule has 3 amide bonds. The quantitative estimate of drug-likeness (QED) is 0.226. The van der Waals surface area contributed by atoms with E-state index in [1.54, 1.807) is 47.6 Å². The molecule has 45 heavy (non-hydrogen) atoms. The molecule has 0 bridgehead atoms. The Hall–Kier alpha value is -3.61. The SMILES string of the molecule is CC(C)(C)OC(=O)N1CCCN(C(=O)OC(C)(C)C)CCN(C(=O)OC(C)(C)C)CCCN(Cc2ccc([N+](=O)[O-])cc2)CC1. The van der Waals surface area contributed by atoms with E-state index < -0.39 is 40.0 Å². The fourth-order valence-electron chi connectivity index (χ4n) is 4.55. The number of amides is 3. The smallest absolute Gasteiger partial charge is 0.410 e. The van der Waals surface area contributed by atoms with Crippen LogP contribution in [-0.4, -0.2) is 112 Å². The van der Waals surface area contributed by atoms with E-state index in [9.17, 15) is 24.5 Å². The summed E-state index contributed by atoms with van der Waals surface area (Å²) < 4.78 is 17.0. The Balaban J connectivity index is 2.34. The molecule has 1 aromatic carbocycles. The number of carbonyl (C=O) groups excluding carboxylic acids is 3. The summed E-state index contributed by atoms with van der Waals surface area (Å²) in [6.45, 7) is 19.7. The number of benzene rings is 1. The van der Waals surface area contributed by atoms with E-state index in [1.165, 1.54) is 12.1 Å². The number of nitrogens with zero attached hydrogens (tertiary/aromatic N) is 5. The molecule has 13 nitrogen and oxygen atoms in total. The van der Waals surface area contributed by atoms with Crippen molar-refractivity contribution in [3.8, 4) is 0 Å². The Morgan fingerprint density at radius 2 is 0.978 bits per heavy atom. The average molecular weight is 636 g/mol. The highest BCUT2D eigenvalue weighted by atomic mass is 16.6. The van der Waals surface area contributed by atoms with Gasteiger partial charge >= 0.3 is 18.3 Å². The van der Waals surface area contributed by atoms with Crippen LogP contribution in [0.3, 0.4) is 0 Å². The number of ether oxygens (including phenoxy) is 3. The zero-order chi connectivity index (χ0) is 34.0. The van der Waals surface area contributed by atoms with Gasteiger partial charge in [0.25, 0.3) is 5.69 Å². The highest BCUT2D eigenvalue weighted by molar-refractivity contribution is 5.70. The molecule has 1 aromatic rings. The summed E-state index contributed by atoms with van der Waals surface area (Å²) >= 11 is 0. The van der Waals surface area contributed by atoms with Gasteiger partial charge < -0.3 is 28.9 Å². The molecule has 1 fully saturated rings. The molecule has 1 aliphatic heterocycles. The average Bonchev–Trinajstić information content (AvgIpc) is 2.87. The van der Waals surface area contributed by atoms with Crippen molar-refractivity contribution < 1.29 is 33.5 Å². The zero-order valence-corrected chi connectivity index (χ0v) is 28.6. The van der Waals surface area contributed by atoms with E-state index in [4.69, 9.17) is 14.2 Å². The molecule has 0 aromatic heterocycles. The first-order valence-corrected chi connectivity index (χ1v) is 15.6. The van der Waals surface area contributed by atoms with Crippen LogP contribution in [0.5, 0.6) is 0 Å². The van der Waals surface area contributed by atoms with Crippen LogP contribution in [0.15, 0.2) is 24.3 Å². The van der Waals surface area contributed by atoms with E-state index in [0.29, 0.717) is 58.7 Å². The van der Waals surface area contributed by atoms with Crippen molar-refractivity contribution in [2.45, 2.75) is 98.5 Å². The molecular formula is C32H53N5O8. The van der Waals surface area contributed by atoms with Gasteiger partial charge in [0.05, 0.1) is 4.92 Å². The van der Waals surface area contributed by atoms with Gasteiger partial charge in [-0.05, 0) is 80.7 Å². The number of non-ortho nitro benzene ring substituents is 1. The molecule has 1 heterocycles. The number of carbonyl (C=O) groups is 3. The topological polar surface area (TPSA) is 135 Å². The van der Waals surface area contributed by atoms with Crippen LogP contribution in [0.25, 0.3) is 0 Å². The summed E-state index contributed by atoms with van der Waals surface area (Å²) in [5.74, 6) is 0. The molecule has 0 radical (unpaired) electrons. The summed E-state index contributed by atoms with van der Waals surface area (Å²) in [5, 5.41) is 11.1. The maximum absolute atomic E-state index is 13.2. The van der Waals surface area contributed by atoms with E-state index >= 15 is 0 Å². The normalized spacial score (nSPS) is 16.9. The minimum atomic E-state index is -0.698. The predicted octanol–water partition coefficient (Wildman–Crippen LogP) is 5.90. The van der Waals surface area contributed by atoms with Crippen LogP contribution in [0.2, 0.25) is 0 Å². The van der Waals surface area contributed by atoms with Crippen molar-refractivity contribution in [2.75, 3.05) is 52.4 Å². The third-order valence-electron chi connectivity index (χ3n) is 6.59. The second kappa shape index (κ2) is 16.1. The lowest BCUT2D eigenvalue weighted by molar-refractivity contribution is -0.384. The molecule has 0 N–H and O–H groups in total. The number of hydrogen-bond acceptors (Lipinski definition) is 9. The maximum Gasteiger partial charge on any atom is 0.410 e. The third-order valence-corrected chi connectivity index (χ3v) is 6.59. The van der Waals surface area contributed by atoms with Gasteiger partial charge in [0, 0.05) is 71.0 Å². The molecule has 254 valence electrons. The van der Waals surface area contributed by atoms with Crippen molar-refractivity contribution in [2.24, 2.45) is 0 Å². The minimum absolute atomic E-state index is 0.0179. The second-order valence-corrected chi connectivity index (χ2v) is 14.3. The second-order valence-electron chi connectivity index (χ2n) is 14.3. The van der Waals surface area contributed by atoms with E-state index in [2.05, 4.69) is 4.90 Å². The highest BCUT2D eigenvalue weighted by Crippen LogP contribution is 2.17. The van der Waals surface area contributed by atoms with E-state index in [1.807, 2.05) is 41.5 Å². The maximum atomic E-state index is 13.2. The number of hydrogen-bond donors (Lipinski definition) is 0. The molecular weight excluding hydrogens is 582 g/mol. The number of nitro groups is 1. The van der Waals surface area contributed by atoms with Crippen LogP contribution in [0.1, 0.15) is 80.7 Å². The largest absolute Gasteiger partial charge is 0.444 e. The standard InChI is InChI=1S/C32H53N5O8/c1-30(2,3)43-27(38)34-18-11-19-36(29(40)45-32(7,8)9)23-22-35(28(39)44-31(4,5)6)17-10-16-33(20-21-34)24-25-12-14-26(15-13-25)37(41)42/h12-15H,10-11,16-24H2,1-9H3. The Morgan fingerprint density at radius 1 is 0.622 bits per heavy atom. The monoisotopic (exact) mass is 635 g/mol. The molecule has 2 rings (SSSR count). The summed E-state index contributed by atoms with van der Waals surface area (Å²) in [6.07, 6.45) is -0.336. The summed E-state index contributed by atoms with van der Waals surface area (Å²) in [6, 6.07) is 6.42. The van der Waals surface area contributed by atoms with Crippen LogP contribution in [0.4, 0.5) is 20.1 Å². The molecule has 0 aliphatic carbocycles. The van der Waals surface area contributed by atoms with Gasteiger partial charge in [-0.2, -0.15) is 0 Å². The highest BCUT2D eigenvalue weighted by Gasteiger charge is 2.28. The summed E-state index contributed by atoms with van der Waals surface area (Å²) in [7, 11) is 0. The van der Waals surface area contributed by atoms with Crippen LogP contribution >= 0.6 is 0 Å². The summed E-state index contributed by atoms with van der Waals surface area (Å²) in [4.78, 5) is 57.3. The van der Waals surface area contributed by atoms with Gasteiger partial charge in [-0.1, -0.05) is 12.1 Å². The first kappa shape index (κ1) is 37.6. The van der Waals surface area contributed by atoms with Crippen molar-refractivity contribution in [1.29, 1.82) is 0 Å². The minimum Gasteiger partial charge on any atom is -0.444 e. The predicted molar refractivity (Wildman–Crippen MR) is 171 cm³/mol. The lowest BCUT2D eigenvalue weighted by atomic mass is 10.2. The molecule has 1 aliphatic rings. The fourth-order valence-corrected chi connectivity index (χ4v) is 4.55. The van der Waals surface area contributed by atoms with Crippen LogP contribution in [-0.2, 0) is 20.8 Å². The Bertz CT molecular complexity index is 1140. The molecule has 1 saturated heterocycles. The Labute approximate surface area is 267 Å². The van der Waals surface area contributed by atoms with Crippen molar-refractivity contribution in [1.82, 2.24) is 19.6 Å². The van der Waals surface area contributed by atoms with Crippen molar-refractivity contribution in [3.05, 3.63) is 39.9 Å². The molecule has 0 unspecified atom stereocenters. The number of rotatable bonds is 3. The van der Waals surface area contributed by atoms with Crippen molar-refractivity contribution in [3.63, 3.8) is 0 Å². The van der Waals surface area contributed by atoms with Gasteiger partial charge in [-0.3, -0.25) is 15.0 Å². The van der Waals surface area contributed by atoms with Gasteiger partial charge in [0.2, 0.25) is 0 Å². The first-order valence-electron chi connectivity index (χ1n) is 15.6. The Kier molecular flexibility index (Phi) is 13.4. The number of nitro benzene ring substituents is 1. The zero-order valence-electron chi connectivity index (χ0n) is 28.6. The third kappa shape index (κ3) is 14.8. The fraction of sp³-hybridized carbons (Fsp3) is 0.719. The first-order chi connectivity index (χ1) is 20.7. The van der Waals surface area contributed by atoms with Gasteiger partial charge in [-0.15, -0.1) is 0 Å². The lowest BCUT2D eigenvalue weighted by Gasteiger charge is -2.34. The van der Waals surface area contributed by atoms with Crippen molar-refractivity contribution >= 4 is 24.0 Å². The summed E-state index contributed by atoms with van der Waals surface area (Å²) in [5.41, 5.74) is -1.15. The molecule has 0 atom stereocenters. The van der Waals surface area contributed by atoms with Gasteiger partial charge in [-0.25, -0.2) is 14.4 Å².